The lowest BCUT2D eigenvalue weighted by molar-refractivity contribution is -0.795. The molecule has 1 fully saturated rings. The highest BCUT2D eigenvalue weighted by Crippen LogP contribution is 2.13. The minimum Gasteiger partial charge on any atom is -0.450 e. The average molecular weight is 172 g/mol. The topological polar surface area (TPSA) is 63.6 Å². The molecule has 0 radical (unpaired) electrons. The van der Waals surface area contributed by atoms with Crippen LogP contribution in [0.2, 0.25) is 0 Å². The molecule has 1 unspecified atom stereocenters. The van der Waals surface area contributed by atoms with Crippen molar-refractivity contribution in [1.29, 1.82) is 0 Å². The second-order valence-electron chi connectivity index (χ2n) is 3.31. The summed E-state index contributed by atoms with van der Waals surface area (Å²) in [5, 5.41) is 9.24. The van der Waals surface area contributed by atoms with Crippen molar-refractivity contribution in [1.82, 2.24) is 0 Å². The first kappa shape index (κ1) is 9.21. The number of Topliss-reactive ketones (excluding diaryl/α,β-unsaturated/α-hetero) is 1. The second-order valence-corrected chi connectivity index (χ2v) is 3.31. The quantitative estimate of drug-likeness (QED) is 0.518. The van der Waals surface area contributed by atoms with E-state index in [0.717, 1.165) is 0 Å². The van der Waals surface area contributed by atoms with Gasteiger partial charge in [-0.05, 0) is 0 Å². The lowest BCUT2D eigenvalue weighted by Gasteiger charge is -2.24. The Bertz CT molecular complexity index is 232. The van der Waals surface area contributed by atoms with Crippen molar-refractivity contribution in [2.75, 3.05) is 20.1 Å². The van der Waals surface area contributed by atoms with Gasteiger partial charge < -0.3 is 14.1 Å². The molecule has 1 heterocycles. The van der Waals surface area contributed by atoms with Gasteiger partial charge in [-0.3, -0.25) is 4.79 Å². The summed E-state index contributed by atoms with van der Waals surface area (Å²) in [7, 11) is 0.415. The number of hydrogen-bond acceptors (Lipinski definition) is 4. The molecule has 0 saturated carbocycles. The average Bonchev–Trinajstić information content (AvgIpc) is 2.04. The van der Waals surface area contributed by atoms with Gasteiger partial charge in [0, 0.05) is 6.92 Å². The van der Waals surface area contributed by atoms with Crippen LogP contribution in [-0.4, -0.2) is 48.6 Å². The number of quaternary nitrogens is 1. The van der Waals surface area contributed by atoms with Crippen LogP contribution in [0.15, 0.2) is 0 Å². The zero-order chi connectivity index (χ0) is 9.35. The zero-order valence-corrected chi connectivity index (χ0v) is 7.11. The van der Waals surface area contributed by atoms with Crippen LogP contribution < -0.4 is 0 Å². The molecular formula is C6H11BNO4+. The van der Waals surface area contributed by atoms with Crippen LogP contribution in [-0.2, 0) is 14.2 Å². The molecule has 0 aromatic carbocycles. The summed E-state index contributed by atoms with van der Waals surface area (Å²) >= 11 is 0. The SMILES string of the molecule is CC(=O)C[N+]1(C)CC(=O)OB1O. The number of carbonyl (C=O) groups excluding carboxylic acids is 2. The van der Waals surface area contributed by atoms with Crippen LogP contribution in [0.5, 0.6) is 0 Å². The summed E-state index contributed by atoms with van der Waals surface area (Å²) in [5.41, 5.74) is 0. The third kappa shape index (κ3) is 1.65. The molecule has 0 aromatic heterocycles. The van der Waals surface area contributed by atoms with Crippen molar-refractivity contribution in [3.8, 4) is 0 Å². The van der Waals surface area contributed by atoms with Gasteiger partial charge in [-0.1, -0.05) is 0 Å². The van der Waals surface area contributed by atoms with E-state index in [1.807, 2.05) is 0 Å². The molecular weight excluding hydrogens is 161 g/mol. The van der Waals surface area contributed by atoms with Crippen molar-refractivity contribution in [3.05, 3.63) is 0 Å². The molecule has 1 atom stereocenters. The number of carbonyl (C=O) groups is 2. The molecule has 0 bridgehead atoms. The molecule has 0 amide bonds. The molecule has 1 saturated heterocycles. The molecule has 0 aromatic rings. The minimum atomic E-state index is -1.19. The smallest absolute Gasteiger partial charge is 0.450 e. The standard InChI is InChI=1S/C6H11BNO4/c1-5(9)3-8(2)4-6(10)12-7(8)11/h11H,3-4H2,1-2H3/q+1. The fourth-order valence-corrected chi connectivity index (χ4v) is 1.30. The third-order valence-corrected chi connectivity index (χ3v) is 1.84. The van der Waals surface area contributed by atoms with E-state index in [9.17, 15) is 14.6 Å². The second kappa shape index (κ2) is 2.87. The van der Waals surface area contributed by atoms with Crippen LogP contribution in [0.4, 0.5) is 0 Å². The van der Waals surface area contributed by atoms with Crippen LogP contribution in [0.25, 0.3) is 0 Å². The third-order valence-electron chi connectivity index (χ3n) is 1.84. The summed E-state index contributed by atoms with van der Waals surface area (Å²) in [6.07, 6.45) is 0. The molecule has 66 valence electrons. The van der Waals surface area contributed by atoms with Gasteiger partial charge in [-0.15, -0.1) is 0 Å². The van der Waals surface area contributed by atoms with E-state index in [4.69, 9.17) is 0 Å². The molecule has 1 aliphatic heterocycles. The molecule has 12 heavy (non-hydrogen) atoms. The van der Waals surface area contributed by atoms with E-state index >= 15 is 0 Å². The van der Waals surface area contributed by atoms with E-state index in [2.05, 4.69) is 4.65 Å². The summed E-state index contributed by atoms with van der Waals surface area (Å²) in [5.74, 6) is -0.541. The molecule has 0 spiro atoms. The first-order chi connectivity index (χ1) is 5.44. The molecule has 1 N–H and O–H groups in total. The zero-order valence-electron chi connectivity index (χ0n) is 7.11. The Morgan fingerprint density at radius 3 is 2.75 bits per heavy atom. The van der Waals surface area contributed by atoms with E-state index in [1.54, 1.807) is 7.05 Å². The van der Waals surface area contributed by atoms with Gasteiger partial charge in [0.25, 0.3) is 0 Å². The summed E-state index contributed by atoms with van der Waals surface area (Å²) in [6, 6.07) is 0. The maximum absolute atomic E-state index is 10.8. The van der Waals surface area contributed by atoms with Crippen molar-refractivity contribution < 1.29 is 23.7 Å². The highest BCUT2D eigenvalue weighted by molar-refractivity contribution is 6.39. The van der Waals surface area contributed by atoms with Crippen LogP contribution in [0, 0.1) is 0 Å². The Morgan fingerprint density at radius 2 is 2.42 bits per heavy atom. The lowest BCUT2D eigenvalue weighted by Crippen LogP contribution is -2.54. The van der Waals surface area contributed by atoms with Gasteiger partial charge in [0.15, 0.2) is 12.3 Å². The summed E-state index contributed by atoms with van der Waals surface area (Å²) in [4.78, 5) is 21.5. The minimum absolute atomic E-state index is 0.0563. The predicted molar refractivity (Wildman–Crippen MR) is 40.7 cm³/mol. The van der Waals surface area contributed by atoms with Crippen LogP contribution >= 0.6 is 0 Å². The van der Waals surface area contributed by atoms with E-state index in [-0.39, 0.29) is 23.3 Å². The van der Waals surface area contributed by atoms with Crippen molar-refractivity contribution in [2.24, 2.45) is 0 Å². The highest BCUT2D eigenvalue weighted by atomic mass is 16.6. The maximum Gasteiger partial charge on any atom is 0.831 e. The van der Waals surface area contributed by atoms with Crippen LogP contribution in [0.1, 0.15) is 6.92 Å². The van der Waals surface area contributed by atoms with E-state index in [0.29, 0.717) is 0 Å². The largest absolute Gasteiger partial charge is 0.831 e. The number of likely N-dealkylation sites (N-methyl/N-ethyl adjacent to an activating group) is 1. The maximum atomic E-state index is 10.8. The summed E-state index contributed by atoms with van der Waals surface area (Å²) < 4.78 is 4.45. The number of ketones is 1. The highest BCUT2D eigenvalue weighted by Gasteiger charge is 2.54. The van der Waals surface area contributed by atoms with E-state index in [1.165, 1.54) is 6.92 Å². The Morgan fingerprint density at radius 1 is 1.83 bits per heavy atom. The molecule has 6 heteroatoms. The first-order valence-electron chi connectivity index (χ1n) is 3.65. The number of nitrogens with zero attached hydrogens (tertiary/aromatic N) is 1. The van der Waals surface area contributed by atoms with Crippen LogP contribution in [0.3, 0.4) is 0 Å². The van der Waals surface area contributed by atoms with Gasteiger partial charge in [-0.2, -0.15) is 0 Å². The molecule has 1 aliphatic rings. The monoisotopic (exact) mass is 172 g/mol. The normalized spacial score (nSPS) is 28.9. The fraction of sp³-hybridized carbons (Fsp3) is 0.667. The van der Waals surface area contributed by atoms with Gasteiger partial charge >= 0.3 is 13.2 Å². The Balaban J connectivity index is 2.70. The van der Waals surface area contributed by atoms with Gasteiger partial charge in [0.2, 0.25) is 0 Å². The lowest BCUT2D eigenvalue weighted by atomic mass is 10.0. The fourth-order valence-electron chi connectivity index (χ4n) is 1.30. The van der Waals surface area contributed by atoms with Gasteiger partial charge in [-0.25, -0.2) is 4.79 Å². The predicted octanol–water partition coefficient (Wildman–Crippen LogP) is -1.44. The van der Waals surface area contributed by atoms with Gasteiger partial charge in [0.1, 0.15) is 6.54 Å². The molecule has 5 nitrogen and oxygen atoms in total. The van der Waals surface area contributed by atoms with Crippen molar-refractivity contribution >= 4 is 19.0 Å². The first-order valence-corrected chi connectivity index (χ1v) is 3.65. The Hall–Kier alpha value is -0.875. The number of hydrogen-bond donors (Lipinski definition) is 1. The van der Waals surface area contributed by atoms with Crippen molar-refractivity contribution in [2.45, 2.75) is 6.92 Å². The number of rotatable bonds is 2. The molecule has 0 aliphatic carbocycles. The Kier molecular flexibility index (Phi) is 2.21. The van der Waals surface area contributed by atoms with E-state index < -0.39 is 13.2 Å². The summed E-state index contributed by atoms with van der Waals surface area (Å²) in [6.45, 7) is 1.59. The Labute approximate surface area is 70.7 Å². The molecule has 1 rings (SSSR count). The van der Waals surface area contributed by atoms with Gasteiger partial charge in [0.05, 0.1) is 7.05 Å². The van der Waals surface area contributed by atoms with Crippen molar-refractivity contribution in [3.63, 3.8) is 0 Å².